The fourth-order valence-corrected chi connectivity index (χ4v) is 4.40. The lowest BCUT2D eigenvalue weighted by molar-refractivity contribution is 0.0935. The maximum absolute atomic E-state index is 13.1. The zero-order valence-corrected chi connectivity index (χ0v) is 19.5. The predicted octanol–water partition coefficient (Wildman–Crippen LogP) is 4.54. The van der Waals surface area contributed by atoms with E-state index in [9.17, 15) is 9.59 Å². The molecule has 176 valence electrons. The molecule has 0 unspecified atom stereocenters. The summed E-state index contributed by atoms with van der Waals surface area (Å²) in [6.45, 7) is 0.872. The van der Waals surface area contributed by atoms with Gasteiger partial charge in [-0.15, -0.1) is 0 Å². The number of carbonyl (C=O) groups is 2. The Balaban J connectivity index is 1.44. The molecule has 0 spiro atoms. The van der Waals surface area contributed by atoms with Crippen LogP contribution in [-0.4, -0.2) is 36.6 Å². The lowest BCUT2D eigenvalue weighted by Crippen LogP contribution is -2.32. The minimum atomic E-state index is -0.145. The van der Waals surface area contributed by atoms with Crippen molar-refractivity contribution >= 4 is 11.8 Å². The molecule has 4 rings (SSSR count). The van der Waals surface area contributed by atoms with Gasteiger partial charge in [0, 0.05) is 43.2 Å². The number of ether oxygens (including phenoxy) is 1. The van der Waals surface area contributed by atoms with Gasteiger partial charge in [-0.2, -0.15) is 0 Å². The van der Waals surface area contributed by atoms with Gasteiger partial charge in [0.1, 0.15) is 0 Å². The van der Waals surface area contributed by atoms with Gasteiger partial charge in [0.15, 0.2) is 0 Å². The van der Waals surface area contributed by atoms with E-state index >= 15 is 0 Å². The number of hydrogen-bond donors (Lipinski definition) is 2. The molecule has 34 heavy (non-hydrogen) atoms. The summed E-state index contributed by atoms with van der Waals surface area (Å²) >= 11 is 0. The number of pyridine rings is 1. The molecule has 0 aliphatic heterocycles. The van der Waals surface area contributed by atoms with E-state index in [-0.39, 0.29) is 17.9 Å². The van der Waals surface area contributed by atoms with Gasteiger partial charge in [-0.3, -0.25) is 14.6 Å². The second-order valence-corrected chi connectivity index (χ2v) is 8.69. The maximum Gasteiger partial charge on any atom is 0.251 e. The summed E-state index contributed by atoms with van der Waals surface area (Å²) in [5.41, 5.74) is 5.16. The van der Waals surface area contributed by atoms with Crippen molar-refractivity contribution in [2.24, 2.45) is 0 Å². The number of nitrogens with zero attached hydrogens (tertiary/aromatic N) is 1. The molecule has 3 aromatic rings. The Bertz CT molecular complexity index is 1120. The maximum atomic E-state index is 13.1. The third-order valence-electron chi connectivity index (χ3n) is 6.27. The first-order chi connectivity index (χ1) is 16.6. The highest BCUT2D eigenvalue weighted by Crippen LogP contribution is 2.23. The summed E-state index contributed by atoms with van der Waals surface area (Å²) in [4.78, 5) is 29.7. The number of hydrogen-bond acceptors (Lipinski definition) is 4. The van der Waals surface area contributed by atoms with Gasteiger partial charge < -0.3 is 15.4 Å². The van der Waals surface area contributed by atoms with Crippen LogP contribution in [0, 0.1) is 0 Å². The van der Waals surface area contributed by atoms with E-state index in [0.29, 0.717) is 30.7 Å². The number of benzene rings is 2. The second kappa shape index (κ2) is 11.6. The van der Waals surface area contributed by atoms with E-state index in [2.05, 4.69) is 15.6 Å². The van der Waals surface area contributed by atoms with Crippen molar-refractivity contribution in [1.29, 1.82) is 0 Å². The highest BCUT2D eigenvalue weighted by atomic mass is 16.5. The van der Waals surface area contributed by atoms with Gasteiger partial charge in [-0.1, -0.05) is 37.1 Å². The van der Waals surface area contributed by atoms with Gasteiger partial charge in [0.25, 0.3) is 11.8 Å². The molecule has 0 saturated heterocycles. The summed E-state index contributed by atoms with van der Waals surface area (Å²) in [7, 11) is 1.66. The molecule has 1 saturated carbocycles. The van der Waals surface area contributed by atoms with Crippen molar-refractivity contribution in [2.75, 3.05) is 13.7 Å². The average molecular weight is 458 g/mol. The standard InChI is InChI=1S/C28H31N3O3/c1-34-16-13-23-18-22(21-11-14-29-15-12-21)9-10-26(23)28(33)30-19-20-5-4-6-24(17-20)27(32)31-25-7-2-3-8-25/h4-6,9-12,14-15,17-18,25H,2-3,7-8,13,16,19H2,1H3,(H,30,33)(H,31,32). The van der Waals surface area contributed by atoms with Crippen LogP contribution in [0.4, 0.5) is 0 Å². The fraction of sp³-hybridized carbons (Fsp3) is 0.321. The molecule has 2 amide bonds. The number of nitrogens with one attached hydrogen (secondary N) is 2. The predicted molar refractivity (Wildman–Crippen MR) is 133 cm³/mol. The normalized spacial score (nSPS) is 13.6. The first-order valence-electron chi connectivity index (χ1n) is 11.8. The fourth-order valence-electron chi connectivity index (χ4n) is 4.40. The quantitative estimate of drug-likeness (QED) is 0.494. The van der Waals surface area contributed by atoms with Crippen molar-refractivity contribution < 1.29 is 14.3 Å². The number of rotatable bonds is 9. The molecule has 1 fully saturated rings. The molecule has 0 radical (unpaired) electrons. The van der Waals surface area contributed by atoms with Crippen LogP contribution in [0.3, 0.4) is 0 Å². The van der Waals surface area contributed by atoms with Crippen molar-refractivity contribution in [3.05, 3.63) is 89.2 Å². The van der Waals surface area contributed by atoms with Crippen molar-refractivity contribution in [3.8, 4) is 11.1 Å². The van der Waals surface area contributed by atoms with Crippen LogP contribution in [0.15, 0.2) is 67.0 Å². The largest absolute Gasteiger partial charge is 0.384 e. The van der Waals surface area contributed by atoms with Gasteiger partial charge in [-0.05, 0) is 71.8 Å². The summed E-state index contributed by atoms with van der Waals surface area (Å²) in [6.07, 6.45) is 8.59. The topological polar surface area (TPSA) is 80.3 Å². The monoisotopic (exact) mass is 457 g/mol. The number of carbonyl (C=O) groups excluding carboxylic acids is 2. The van der Waals surface area contributed by atoms with Crippen LogP contribution in [-0.2, 0) is 17.7 Å². The first kappa shape index (κ1) is 23.6. The molecule has 1 heterocycles. The summed E-state index contributed by atoms with van der Waals surface area (Å²) in [5.74, 6) is -0.193. The van der Waals surface area contributed by atoms with Crippen LogP contribution in [0.2, 0.25) is 0 Å². The van der Waals surface area contributed by atoms with E-state index in [1.807, 2.05) is 54.6 Å². The van der Waals surface area contributed by atoms with Crippen LogP contribution in [0.5, 0.6) is 0 Å². The second-order valence-electron chi connectivity index (χ2n) is 8.69. The Kier molecular flexibility index (Phi) is 8.04. The highest BCUT2D eigenvalue weighted by molar-refractivity contribution is 5.96. The van der Waals surface area contributed by atoms with Gasteiger partial charge in [0.05, 0.1) is 6.61 Å². The molecule has 6 nitrogen and oxygen atoms in total. The molecular weight excluding hydrogens is 426 g/mol. The highest BCUT2D eigenvalue weighted by Gasteiger charge is 2.18. The molecule has 6 heteroatoms. The summed E-state index contributed by atoms with van der Waals surface area (Å²) in [5, 5.41) is 6.13. The number of methoxy groups -OCH3 is 1. The van der Waals surface area contributed by atoms with Gasteiger partial charge >= 0.3 is 0 Å². The number of amides is 2. The van der Waals surface area contributed by atoms with Crippen molar-refractivity contribution in [1.82, 2.24) is 15.6 Å². The lowest BCUT2D eigenvalue weighted by atomic mass is 9.97. The third-order valence-corrected chi connectivity index (χ3v) is 6.27. The molecule has 1 aliphatic carbocycles. The van der Waals surface area contributed by atoms with Crippen LogP contribution in [0.25, 0.3) is 11.1 Å². The molecular formula is C28H31N3O3. The van der Waals surface area contributed by atoms with E-state index in [4.69, 9.17) is 4.74 Å². The molecule has 2 aromatic carbocycles. The van der Waals surface area contributed by atoms with Crippen molar-refractivity contribution in [3.63, 3.8) is 0 Å². The first-order valence-corrected chi connectivity index (χ1v) is 11.8. The Labute approximate surface area is 200 Å². The van der Waals surface area contributed by atoms with E-state index in [1.54, 1.807) is 19.5 Å². The Hall–Kier alpha value is -3.51. The summed E-state index contributed by atoms with van der Waals surface area (Å²) < 4.78 is 5.26. The molecule has 2 N–H and O–H groups in total. The van der Waals surface area contributed by atoms with Crippen LogP contribution >= 0.6 is 0 Å². The SMILES string of the molecule is COCCc1cc(-c2ccncc2)ccc1C(=O)NCc1cccc(C(=O)NC2CCCC2)c1. The zero-order valence-electron chi connectivity index (χ0n) is 19.5. The number of aromatic nitrogens is 1. The minimum Gasteiger partial charge on any atom is -0.384 e. The molecule has 1 aromatic heterocycles. The van der Waals surface area contributed by atoms with Gasteiger partial charge in [0.2, 0.25) is 0 Å². The molecule has 0 atom stereocenters. The summed E-state index contributed by atoms with van der Waals surface area (Å²) in [6, 6.07) is 17.5. The molecule has 1 aliphatic rings. The Morgan fingerprint density at radius 2 is 1.76 bits per heavy atom. The van der Waals surface area contributed by atoms with Crippen molar-refractivity contribution in [2.45, 2.75) is 44.7 Å². The molecule has 0 bridgehead atoms. The lowest BCUT2D eigenvalue weighted by Gasteiger charge is -2.14. The average Bonchev–Trinajstić information content (AvgIpc) is 3.39. The third kappa shape index (κ3) is 6.08. The minimum absolute atomic E-state index is 0.0476. The van der Waals surface area contributed by atoms with Crippen LogP contribution in [0.1, 0.15) is 57.5 Å². The smallest absolute Gasteiger partial charge is 0.251 e. The Morgan fingerprint density at radius 3 is 2.53 bits per heavy atom. The zero-order chi connectivity index (χ0) is 23.8. The van der Waals surface area contributed by atoms with E-state index in [1.165, 1.54) is 12.8 Å². The van der Waals surface area contributed by atoms with Crippen LogP contribution < -0.4 is 10.6 Å². The Morgan fingerprint density at radius 1 is 0.971 bits per heavy atom. The van der Waals surface area contributed by atoms with E-state index in [0.717, 1.165) is 35.1 Å². The van der Waals surface area contributed by atoms with Gasteiger partial charge in [-0.25, -0.2) is 0 Å². The van der Waals surface area contributed by atoms with E-state index < -0.39 is 0 Å².